The number of nitrogens with one attached hydrogen (secondary N) is 1. The van der Waals surface area contributed by atoms with E-state index in [-0.39, 0.29) is 5.91 Å². The summed E-state index contributed by atoms with van der Waals surface area (Å²) < 4.78 is 1.79. The van der Waals surface area contributed by atoms with Gasteiger partial charge in [-0.2, -0.15) is 5.10 Å². The summed E-state index contributed by atoms with van der Waals surface area (Å²) in [6.07, 6.45) is 5.11. The molecule has 0 radical (unpaired) electrons. The summed E-state index contributed by atoms with van der Waals surface area (Å²) in [6.45, 7) is 2.48. The lowest BCUT2D eigenvalue weighted by Gasteiger charge is -2.01. The molecule has 2 aromatic rings. The Labute approximate surface area is 112 Å². The molecule has 4 heteroatoms. The lowest BCUT2D eigenvalue weighted by atomic mass is 10.2. The van der Waals surface area contributed by atoms with E-state index in [1.807, 2.05) is 44.3 Å². The minimum atomic E-state index is -0.105. The maximum absolute atomic E-state index is 11.7. The van der Waals surface area contributed by atoms with Crippen molar-refractivity contribution in [2.24, 2.45) is 7.05 Å². The second-order valence-electron chi connectivity index (χ2n) is 4.34. The van der Waals surface area contributed by atoms with Gasteiger partial charge in [-0.15, -0.1) is 0 Å². The molecule has 2 rings (SSSR count). The van der Waals surface area contributed by atoms with E-state index in [0.29, 0.717) is 6.54 Å². The van der Waals surface area contributed by atoms with Crippen LogP contribution in [0.5, 0.6) is 0 Å². The number of aryl methyl sites for hydroxylation is 1. The van der Waals surface area contributed by atoms with Crippen molar-refractivity contribution in [2.75, 3.05) is 0 Å². The van der Waals surface area contributed by atoms with Crippen molar-refractivity contribution in [1.82, 2.24) is 15.1 Å². The van der Waals surface area contributed by atoms with Gasteiger partial charge in [0.25, 0.3) is 0 Å². The average Bonchev–Trinajstić information content (AvgIpc) is 2.75. The summed E-state index contributed by atoms with van der Waals surface area (Å²) in [5, 5.41) is 6.98. The first-order valence-corrected chi connectivity index (χ1v) is 6.15. The maximum atomic E-state index is 11.7. The number of aromatic nitrogens is 2. The molecule has 0 bridgehead atoms. The molecule has 0 aliphatic rings. The number of carbonyl (C=O) groups is 1. The summed E-state index contributed by atoms with van der Waals surface area (Å²) in [4.78, 5) is 11.7. The Hall–Kier alpha value is -2.36. The topological polar surface area (TPSA) is 46.9 Å². The van der Waals surface area contributed by atoms with Crippen molar-refractivity contribution in [3.05, 3.63) is 59.4 Å². The van der Waals surface area contributed by atoms with Gasteiger partial charge >= 0.3 is 0 Å². The highest BCUT2D eigenvalue weighted by molar-refractivity contribution is 5.91. The van der Waals surface area contributed by atoms with Crippen LogP contribution in [0.25, 0.3) is 6.08 Å². The van der Waals surface area contributed by atoms with E-state index < -0.39 is 0 Å². The first kappa shape index (κ1) is 13.1. The van der Waals surface area contributed by atoms with Crippen LogP contribution in [0, 0.1) is 6.92 Å². The average molecular weight is 255 g/mol. The molecule has 0 spiro atoms. The van der Waals surface area contributed by atoms with Crippen molar-refractivity contribution >= 4 is 12.0 Å². The summed E-state index contributed by atoms with van der Waals surface area (Å²) in [5.74, 6) is -0.105. The van der Waals surface area contributed by atoms with Crippen molar-refractivity contribution in [1.29, 1.82) is 0 Å². The molecule has 0 fully saturated rings. The minimum absolute atomic E-state index is 0.105. The van der Waals surface area contributed by atoms with Gasteiger partial charge in [-0.1, -0.05) is 30.3 Å². The summed E-state index contributed by atoms with van der Waals surface area (Å²) >= 11 is 0. The molecule has 0 aliphatic carbocycles. The van der Waals surface area contributed by atoms with Crippen LogP contribution in [0.3, 0.4) is 0 Å². The van der Waals surface area contributed by atoms with Crippen LogP contribution in [0.15, 0.2) is 42.6 Å². The molecule has 19 heavy (non-hydrogen) atoms. The molecular weight excluding hydrogens is 238 g/mol. The second kappa shape index (κ2) is 6.00. The number of benzene rings is 1. The Morgan fingerprint density at radius 1 is 1.37 bits per heavy atom. The molecule has 0 saturated carbocycles. The van der Waals surface area contributed by atoms with Crippen LogP contribution in [0.4, 0.5) is 0 Å². The smallest absolute Gasteiger partial charge is 0.244 e. The lowest BCUT2D eigenvalue weighted by Crippen LogP contribution is -2.20. The van der Waals surface area contributed by atoms with Crippen LogP contribution in [-0.4, -0.2) is 15.7 Å². The van der Waals surface area contributed by atoms with Crippen LogP contribution in [0.1, 0.15) is 16.8 Å². The Balaban J connectivity index is 1.89. The van der Waals surface area contributed by atoms with Crippen LogP contribution >= 0.6 is 0 Å². The van der Waals surface area contributed by atoms with Crippen LogP contribution < -0.4 is 5.32 Å². The highest BCUT2D eigenvalue weighted by Crippen LogP contribution is 2.05. The Bertz CT molecular complexity index is 585. The fourth-order valence-electron chi connectivity index (χ4n) is 1.70. The second-order valence-corrected chi connectivity index (χ2v) is 4.34. The van der Waals surface area contributed by atoms with Gasteiger partial charge < -0.3 is 5.32 Å². The fourth-order valence-corrected chi connectivity index (χ4v) is 1.70. The van der Waals surface area contributed by atoms with E-state index in [0.717, 1.165) is 16.8 Å². The maximum Gasteiger partial charge on any atom is 0.244 e. The molecule has 1 aromatic heterocycles. The van der Waals surface area contributed by atoms with Gasteiger partial charge in [-0.05, 0) is 18.6 Å². The molecule has 0 aliphatic heterocycles. The monoisotopic (exact) mass is 255 g/mol. The molecule has 1 heterocycles. The SMILES string of the molecule is Cc1c(CNC(=O)/C=C\c2ccccc2)cnn1C. The molecule has 0 atom stereocenters. The summed E-state index contributed by atoms with van der Waals surface area (Å²) in [6, 6.07) is 9.74. The summed E-state index contributed by atoms with van der Waals surface area (Å²) in [7, 11) is 1.88. The third-order valence-corrected chi connectivity index (χ3v) is 3.02. The normalized spacial score (nSPS) is 10.8. The van der Waals surface area contributed by atoms with E-state index in [1.54, 1.807) is 23.0 Å². The molecule has 0 unspecified atom stereocenters. The molecule has 98 valence electrons. The number of hydrogen-bond donors (Lipinski definition) is 1. The number of hydrogen-bond acceptors (Lipinski definition) is 2. The molecular formula is C15H17N3O. The Morgan fingerprint density at radius 2 is 2.11 bits per heavy atom. The van der Waals surface area contributed by atoms with E-state index in [2.05, 4.69) is 10.4 Å². The minimum Gasteiger partial charge on any atom is -0.348 e. The van der Waals surface area contributed by atoms with E-state index in [9.17, 15) is 4.79 Å². The Morgan fingerprint density at radius 3 is 2.74 bits per heavy atom. The van der Waals surface area contributed by atoms with E-state index in [1.165, 1.54) is 0 Å². The fraction of sp³-hybridized carbons (Fsp3) is 0.200. The number of amides is 1. The third kappa shape index (κ3) is 3.55. The largest absolute Gasteiger partial charge is 0.348 e. The van der Waals surface area contributed by atoms with Gasteiger partial charge in [-0.25, -0.2) is 0 Å². The van der Waals surface area contributed by atoms with Gasteiger partial charge in [0.05, 0.1) is 6.20 Å². The number of carbonyl (C=O) groups excluding carboxylic acids is 1. The van der Waals surface area contributed by atoms with Gasteiger partial charge in [0.15, 0.2) is 0 Å². The molecule has 0 saturated heterocycles. The lowest BCUT2D eigenvalue weighted by molar-refractivity contribution is -0.116. The molecule has 1 N–H and O–H groups in total. The van der Waals surface area contributed by atoms with E-state index in [4.69, 9.17) is 0 Å². The van der Waals surface area contributed by atoms with Gasteiger partial charge in [0.2, 0.25) is 5.91 Å². The van der Waals surface area contributed by atoms with Gasteiger partial charge in [0, 0.05) is 30.9 Å². The van der Waals surface area contributed by atoms with Gasteiger partial charge in [-0.3, -0.25) is 9.48 Å². The standard InChI is InChI=1S/C15H17N3O/c1-12-14(11-17-18(12)2)10-16-15(19)9-8-13-6-4-3-5-7-13/h3-9,11H,10H2,1-2H3,(H,16,19)/b9-8-. The zero-order chi connectivity index (χ0) is 13.7. The van der Waals surface area contributed by atoms with Crippen LogP contribution in [-0.2, 0) is 18.4 Å². The molecule has 1 aromatic carbocycles. The van der Waals surface area contributed by atoms with Crippen molar-refractivity contribution < 1.29 is 4.79 Å². The quantitative estimate of drug-likeness (QED) is 0.850. The highest BCUT2D eigenvalue weighted by Gasteiger charge is 2.04. The number of nitrogens with zero attached hydrogens (tertiary/aromatic N) is 2. The van der Waals surface area contributed by atoms with Crippen molar-refractivity contribution in [3.8, 4) is 0 Å². The zero-order valence-corrected chi connectivity index (χ0v) is 11.1. The predicted octanol–water partition coefficient (Wildman–Crippen LogP) is 2.06. The van der Waals surface area contributed by atoms with Crippen molar-refractivity contribution in [3.63, 3.8) is 0 Å². The Kier molecular flexibility index (Phi) is 4.13. The van der Waals surface area contributed by atoms with Crippen molar-refractivity contribution in [2.45, 2.75) is 13.5 Å². The first-order valence-electron chi connectivity index (χ1n) is 6.15. The highest BCUT2D eigenvalue weighted by atomic mass is 16.1. The first-order chi connectivity index (χ1) is 9.16. The third-order valence-electron chi connectivity index (χ3n) is 3.02. The van der Waals surface area contributed by atoms with E-state index >= 15 is 0 Å². The molecule has 1 amide bonds. The number of rotatable bonds is 4. The molecule has 4 nitrogen and oxygen atoms in total. The van der Waals surface area contributed by atoms with Gasteiger partial charge in [0.1, 0.15) is 0 Å². The van der Waals surface area contributed by atoms with Crippen LogP contribution in [0.2, 0.25) is 0 Å². The predicted molar refractivity (Wildman–Crippen MR) is 75.3 cm³/mol. The zero-order valence-electron chi connectivity index (χ0n) is 11.1. The summed E-state index contributed by atoms with van der Waals surface area (Å²) in [5.41, 5.74) is 3.10.